The second-order valence-corrected chi connectivity index (χ2v) is 8.22. The second kappa shape index (κ2) is 10.2. The van der Waals surface area contributed by atoms with Crippen molar-refractivity contribution >= 4 is 28.7 Å². The van der Waals surface area contributed by atoms with E-state index in [0.717, 1.165) is 11.3 Å². The van der Waals surface area contributed by atoms with Crippen LogP contribution in [0.1, 0.15) is 11.1 Å². The fraction of sp³-hybridized carbons (Fsp3) is 0.217. The van der Waals surface area contributed by atoms with E-state index < -0.39 is 0 Å². The van der Waals surface area contributed by atoms with Crippen LogP contribution in [-0.4, -0.2) is 37.5 Å². The van der Waals surface area contributed by atoms with Crippen LogP contribution in [0.4, 0.5) is 4.39 Å². The Labute approximate surface area is 188 Å². The number of amides is 1. The van der Waals surface area contributed by atoms with Crippen molar-refractivity contribution in [3.05, 3.63) is 94.4 Å². The van der Waals surface area contributed by atoms with Gasteiger partial charge in [-0.1, -0.05) is 42.5 Å². The van der Waals surface area contributed by atoms with E-state index in [1.807, 2.05) is 30.3 Å². The monoisotopic (exact) mass is 451 g/mol. The first-order valence-corrected chi connectivity index (χ1v) is 11.3. The quantitative estimate of drug-likeness (QED) is 0.423. The smallest absolute Gasteiger partial charge is 0.264 e. The number of fused-ring (bicyclic) bond motifs is 1. The van der Waals surface area contributed by atoms with Crippen molar-refractivity contribution in [2.45, 2.75) is 18.8 Å². The van der Waals surface area contributed by atoms with E-state index in [9.17, 15) is 14.0 Å². The molecule has 4 aromatic rings. The van der Waals surface area contributed by atoms with Crippen molar-refractivity contribution < 1.29 is 9.18 Å². The van der Waals surface area contributed by atoms with E-state index in [4.69, 9.17) is 0 Å². The molecule has 0 saturated heterocycles. The van der Waals surface area contributed by atoms with Gasteiger partial charge in [0.2, 0.25) is 5.91 Å². The predicted molar refractivity (Wildman–Crippen MR) is 123 cm³/mol. The van der Waals surface area contributed by atoms with Crippen LogP contribution in [0.5, 0.6) is 0 Å². The molecule has 2 heterocycles. The zero-order chi connectivity index (χ0) is 22.3. The highest BCUT2D eigenvalue weighted by Gasteiger charge is 2.11. The van der Waals surface area contributed by atoms with Crippen LogP contribution >= 0.6 is 11.8 Å². The number of rotatable bonds is 9. The molecule has 1 amide bonds. The van der Waals surface area contributed by atoms with E-state index >= 15 is 0 Å². The highest BCUT2D eigenvalue weighted by molar-refractivity contribution is 7.99. The molecular formula is C23H22FN5O2S. The van der Waals surface area contributed by atoms with Gasteiger partial charge in [-0.25, -0.2) is 14.1 Å². The summed E-state index contributed by atoms with van der Waals surface area (Å²) in [7, 11) is 0. The molecule has 0 bridgehead atoms. The van der Waals surface area contributed by atoms with Crippen molar-refractivity contribution in [1.29, 1.82) is 0 Å². The highest BCUT2D eigenvalue weighted by Crippen LogP contribution is 2.11. The third kappa shape index (κ3) is 5.42. The number of nitrogens with one attached hydrogen (secondary N) is 1. The number of carbonyl (C=O) groups excluding carboxylic acids is 1. The lowest BCUT2D eigenvalue weighted by Crippen LogP contribution is -2.29. The van der Waals surface area contributed by atoms with Gasteiger partial charge in [-0.3, -0.25) is 14.2 Å². The van der Waals surface area contributed by atoms with E-state index in [1.165, 1.54) is 34.8 Å². The summed E-state index contributed by atoms with van der Waals surface area (Å²) >= 11 is 1.56. The van der Waals surface area contributed by atoms with Gasteiger partial charge in [0.25, 0.3) is 5.56 Å². The maximum Gasteiger partial charge on any atom is 0.264 e. The van der Waals surface area contributed by atoms with Crippen LogP contribution in [0.15, 0.2) is 71.9 Å². The lowest BCUT2D eigenvalue weighted by molar-refractivity contribution is -0.118. The minimum Gasteiger partial charge on any atom is -0.354 e. The summed E-state index contributed by atoms with van der Waals surface area (Å²) in [5.41, 5.74) is 2.24. The van der Waals surface area contributed by atoms with Crippen LogP contribution < -0.4 is 10.9 Å². The molecule has 0 radical (unpaired) electrons. The zero-order valence-electron chi connectivity index (χ0n) is 17.3. The first-order valence-electron chi connectivity index (χ1n) is 10.1. The molecule has 0 aliphatic rings. The van der Waals surface area contributed by atoms with E-state index in [-0.39, 0.29) is 17.3 Å². The highest BCUT2D eigenvalue weighted by atomic mass is 32.2. The molecule has 2 aromatic heterocycles. The molecule has 32 heavy (non-hydrogen) atoms. The Morgan fingerprint density at radius 3 is 2.62 bits per heavy atom. The third-order valence-electron chi connectivity index (χ3n) is 4.88. The van der Waals surface area contributed by atoms with Crippen LogP contribution in [-0.2, 0) is 23.6 Å². The van der Waals surface area contributed by atoms with Crippen molar-refractivity contribution in [3.8, 4) is 0 Å². The van der Waals surface area contributed by atoms with Gasteiger partial charge in [0.15, 0.2) is 5.65 Å². The minimum atomic E-state index is -0.321. The van der Waals surface area contributed by atoms with Crippen molar-refractivity contribution in [2.75, 3.05) is 12.3 Å². The molecule has 164 valence electrons. The molecular weight excluding hydrogens is 429 g/mol. The largest absolute Gasteiger partial charge is 0.354 e. The maximum atomic E-state index is 13.1. The van der Waals surface area contributed by atoms with E-state index in [1.54, 1.807) is 28.6 Å². The van der Waals surface area contributed by atoms with Crippen LogP contribution in [0.25, 0.3) is 11.0 Å². The fourth-order valence-electron chi connectivity index (χ4n) is 3.25. The molecule has 1 N–H and O–H groups in total. The summed E-state index contributed by atoms with van der Waals surface area (Å²) in [6.45, 7) is 1.10. The Kier molecular flexibility index (Phi) is 6.96. The molecule has 0 aliphatic heterocycles. The van der Waals surface area contributed by atoms with Gasteiger partial charge in [-0.05, 0) is 23.3 Å². The number of halogens is 1. The predicted octanol–water partition coefficient (Wildman–Crippen LogP) is 2.83. The SMILES string of the molecule is O=C(CSCc1ccccc1)NCCn1ncc2c(=O)n(Cc3ccc(F)cc3)cnc21. The number of hydrogen-bond donors (Lipinski definition) is 1. The molecule has 0 unspecified atom stereocenters. The standard InChI is InChI=1S/C23H22FN5O2S/c24-19-8-6-17(7-9-19)13-28-16-26-22-20(23(28)31)12-27-29(22)11-10-25-21(30)15-32-14-18-4-2-1-3-5-18/h1-9,12,16H,10-11,13-15H2,(H,25,30). The molecule has 0 aliphatic carbocycles. The lowest BCUT2D eigenvalue weighted by Gasteiger charge is -2.08. The van der Waals surface area contributed by atoms with Crippen LogP contribution in [0.3, 0.4) is 0 Å². The normalized spacial score (nSPS) is 11.0. The zero-order valence-corrected chi connectivity index (χ0v) is 18.1. The fourth-order valence-corrected chi connectivity index (χ4v) is 4.07. The van der Waals surface area contributed by atoms with Gasteiger partial charge in [-0.15, -0.1) is 11.8 Å². The van der Waals surface area contributed by atoms with Gasteiger partial charge < -0.3 is 5.32 Å². The summed E-state index contributed by atoms with van der Waals surface area (Å²) in [5.74, 6) is 0.794. The topological polar surface area (TPSA) is 81.8 Å². The van der Waals surface area contributed by atoms with Gasteiger partial charge in [-0.2, -0.15) is 5.10 Å². The summed E-state index contributed by atoms with van der Waals surface area (Å²) < 4.78 is 16.2. The second-order valence-electron chi connectivity index (χ2n) is 7.24. The summed E-state index contributed by atoms with van der Waals surface area (Å²) in [4.78, 5) is 29.2. The summed E-state index contributed by atoms with van der Waals surface area (Å²) in [5, 5.41) is 7.52. The van der Waals surface area contributed by atoms with Gasteiger partial charge in [0.05, 0.1) is 25.0 Å². The molecule has 4 rings (SSSR count). The number of benzene rings is 2. The average Bonchev–Trinajstić information content (AvgIpc) is 3.22. The van der Waals surface area contributed by atoms with Crippen molar-refractivity contribution in [2.24, 2.45) is 0 Å². The molecule has 7 nitrogen and oxygen atoms in total. The number of aromatic nitrogens is 4. The lowest BCUT2D eigenvalue weighted by atomic mass is 10.2. The van der Waals surface area contributed by atoms with E-state index in [0.29, 0.717) is 36.4 Å². The van der Waals surface area contributed by atoms with Crippen LogP contribution in [0.2, 0.25) is 0 Å². The summed E-state index contributed by atoms with van der Waals surface area (Å²) in [6, 6.07) is 16.0. The molecule has 0 atom stereocenters. The Balaban J connectivity index is 1.31. The molecule has 0 spiro atoms. The Hall–Kier alpha value is -3.46. The number of carbonyl (C=O) groups is 1. The molecule has 0 saturated carbocycles. The number of thioether (sulfide) groups is 1. The van der Waals surface area contributed by atoms with Gasteiger partial charge >= 0.3 is 0 Å². The molecule has 2 aromatic carbocycles. The Morgan fingerprint density at radius 1 is 1.06 bits per heavy atom. The first-order chi connectivity index (χ1) is 15.6. The van der Waals surface area contributed by atoms with Crippen LogP contribution in [0, 0.1) is 5.82 Å². The molecule has 9 heteroatoms. The van der Waals surface area contributed by atoms with Gasteiger partial charge in [0.1, 0.15) is 17.5 Å². The van der Waals surface area contributed by atoms with E-state index in [2.05, 4.69) is 15.4 Å². The average molecular weight is 452 g/mol. The number of hydrogen-bond acceptors (Lipinski definition) is 5. The third-order valence-corrected chi connectivity index (χ3v) is 5.88. The molecule has 0 fully saturated rings. The van der Waals surface area contributed by atoms with Crippen molar-refractivity contribution in [3.63, 3.8) is 0 Å². The van der Waals surface area contributed by atoms with Gasteiger partial charge in [0, 0.05) is 12.3 Å². The number of nitrogens with zero attached hydrogens (tertiary/aromatic N) is 4. The first kappa shape index (κ1) is 21.8. The van der Waals surface area contributed by atoms with Crippen molar-refractivity contribution in [1.82, 2.24) is 24.6 Å². The minimum absolute atomic E-state index is 0.0444. The maximum absolute atomic E-state index is 13.1. The Bertz CT molecular complexity index is 1260. The Morgan fingerprint density at radius 2 is 1.84 bits per heavy atom. The summed E-state index contributed by atoms with van der Waals surface area (Å²) in [6.07, 6.45) is 2.95.